The van der Waals surface area contributed by atoms with Gasteiger partial charge in [-0.3, -0.25) is 19.6 Å². The Balaban J connectivity index is 1.48. The molecule has 36 heavy (non-hydrogen) atoms. The molecule has 0 spiro atoms. The van der Waals surface area contributed by atoms with Crippen LogP contribution in [0.1, 0.15) is 38.5 Å². The van der Waals surface area contributed by atoms with Gasteiger partial charge in [0.1, 0.15) is 12.4 Å². The number of nitrogens with one attached hydrogen (secondary N) is 3. The van der Waals surface area contributed by atoms with E-state index in [2.05, 4.69) is 15.3 Å². The lowest BCUT2D eigenvalue weighted by molar-refractivity contribution is 0.103. The highest BCUT2D eigenvalue weighted by molar-refractivity contribution is 6.23. The second kappa shape index (κ2) is 8.42. The van der Waals surface area contributed by atoms with Crippen LogP contribution in [-0.4, -0.2) is 22.9 Å². The number of ketones is 1. The molecule has 1 aromatic heterocycles. The number of aromatic amines is 2. The Bertz CT molecular complexity index is 1670. The zero-order valence-electron chi connectivity index (χ0n) is 19.3. The largest absolute Gasteiger partial charge is 0.493 e. The zero-order chi connectivity index (χ0) is 24.8. The number of benzene rings is 3. The van der Waals surface area contributed by atoms with Gasteiger partial charge in [0, 0.05) is 22.6 Å². The average molecular weight is 479 g/mol. The highest BCUT2D eigenvalue weighted by Crippen LogP contribution is 2.48. The molecule has 8 heteroatoms. The molecular formula is C28H21N3O5. The van der Waals surface area contributed by atoms with Crippen molar-refractivity contribution in [2.45, 2.75) is 12.5 Å². The van der Waals surface area contributed by atoms with E-state index in [1.165, 1.54) is 7.11 Å². The molecule has 0 amide bonds. The predicted octanol–water partition coefficient (Wildman–Crippen LogP) is 3.82. The summed E-state index contributed by atoms with van der Waals surface area (Å²) in [6.45, 7) is 0.358. The molecule has 4 aromatic rings. The van der Waals surface area contributed by atoms with E-state index >= 15 is 0 Å². The van der Waals surface area contributed by atoms with E-state index in [4.69, 9.17) is 9.47 Å². The number of ether oxygens (including phenoxy) is 2. The van der Waals surface area contributed by atoms with E-state index in [1.54, 1.807) is 24.3 Å². The van der Waals surface area contributed by atoms with Crippen molar-refractivity contribution in [1.29, 1.82) is 0 Å². The van der Waals surface area contributed by atoms with E-state index in [0.29, 0.717) is 40.5 Å². The number of methoxy groups -OCH3 is 1. The van der Waals surface area contributed by atoms with Gasteiger partial charge < -0.3 is 14.8 Å². The van der Waals surface area contributed by atoms with Gasteiger partial charge in [-0.25, -0.2) is 4.79 Å². The minimum Gasteiger partial charge on any atom is -0.493 e. The molecule has 8 nitrogen and oxygen atoms in total. The smallest absolute Gasteiger partial charge is 0.327 e. The first-order valence-electron chi connectivity index (χ1n) is 11.4. The molecule has 0 saturated carbocycles. The number of hydrogen-bond acceptors (Lipinski definition) is 6. The molecule has 6 rings (SSSR count). The fourth-order valence-electron chi connectivity index (χ4n) is 4.90. The number of fused-ring (bicyclic) bond motifs is 3. The number of hydrogen-bond donors (Lipinski definition) is 3. The molecule has 1 aliphatic heterocycles. The zero-order valence-corrected chi connectivity index (χ0v) is 19.3. The third-order valence-corrected chi connectivity index (χ3v) is 6.52. The second-order valence-electron chi connectivity index (χ2n) is 8.60. The number of carbonyl (C=O) groups is 1. The molecule has 1 atom stereocenters. The standard InChI is InChI=1S/C28H21N3O5/c1-35-20-13-16(11-12-19(20)36-14-15-7-3-2-4-8-15)21-22-24(17-9-5-6-10-18(17)25(22)32)29-26-23(21)27(33)31-28(34)30-26/h2-13,21H,14H2,1H3,(H3,29,30,31,33,34)/t21-/m1/s1. The molecule has 0 unspecified atom stereocenters. The van der Waals surface area contributed by atoms with Crippen LogP contribution in [0.15, 0.2) is 88.0 Å². The molecule has 0 saturated heterocycles. The highest BCUT2D eigenvalue weighted by atomic mass is 16.5. The summed E-state index contributed by atoms with van der Waals surface area (Å²) in [7, 11) is 1.54. The Labute approximate surface area is 205 Å². The van der Waals surface area contributed by atoms with Crippen LogP contribution in [0.2, 0.25) is 0 Å². The van der Waals surface area contributed by atoms with Gasteiger partial charge in [0.2, 0.25) is 0 Å². The van der Waals surface area contributed by atoms with Crippen molar-refractivity contribution in [2.24, 2.45) is 0 Å². The van der Waals surface area contributed by atoms with Crippen molar-refractivity contribution >= 4 is 17.3 Å². The van der Waals surface area contributed by atoms with Crippen LogP contribution in [0.5, 0.6) is 11.5 Å². The van der Waals surface area contributed by atoms with Gasteiger partial charge in [-0.15, -0.1) is 0 Å². The average Bonchev–Trinajstić information content (AvgIpc) is 3.18. The molecule has 2 heterocycles. The summed E-state index contributed by atoms with van der Waals surface area (Å²) in [5.41, 5.74) is 3.03. The van der Waals surface area contributed by atoms with E-state index < -0.39 is 17.2 Å². The minimum atomic E-state index is -0.728. The Hall–Kier alpha value is -4.85. The first kappa shape index (κ1) is 21.7. The van der Waals surface area contributed by atoms with Gasteiger partial charge in [0.15, 0.2) is 17.3 Å². The number of carbonyl (C=O) groups excluding carboxylic acids is 1. The van der Waals surface area contributed by atoms with Crippen molar-refractivity contribution in [2.75, 3.05) is 12.4 Å². The summed E-state index contributed by atoms with van der Waals surface area (Å²) < 4.78 is 11.6. The first-order valence-corrected chi connectivity index (χ1v) is 11.4. The number of anilines is 1. The van der Waals surface area contributed by atoms with Gasteiger partial charge >= 0.3 is 5.69 Å². The van der Waals surface area contributed by atoms with Crippen molar-refractivity contribution in [1.82, 2.24) is 9.97 Å². The Morgan fingerprint density at radius 2 is 1.58 bits per heavy atom. The van der Waals surface area contributed by atoms with Crippen molar-refractivity contribution < 1.29 is 14.3 Å². The molecule has 0 bridgehead atoms. The van der Waals surface area contributed by atoms with Gasteiger partial charge in [0.25, 0.3) is 5.56 Å². The summed E-state index contributed by atoms with van der Waals surface area (Å²) in [5, 5.41) is 3.13. The Kier molecular flexibility index (Phi) is 5.07. The summed E-state index contributed by atoms with van der Waals surface area (Å²) in [5.74, 6) is 0.367. The Morgan fingerprint density at radius 3 is 2.36 bits per heavy atom. The normalized spacial score (nSPS) is 15.6. The van der Waals surface area contributed by atoms with E-state index in [-0.39, 0.29) is 17.2 Å². The molecule has 1 aliphatic carbocycles. The lowest BCUT2D eigenvalue weighted by Crippen LogP contribution is -2.33. The van der Waals surface area contributed by atoms with Gasteiger partial charge in [0.05, 0.1) is 18.4 Å². The van der Waals surface area contributed by atoms with Crippen LogP contribution in [0, 0.1) is 0 Å². The molecule has 3 N–H and O–H groups in total. The number of aromatic nitrogens is 2. The fraction of sp³-hybridized carbons (Fsp3) is 0.107. The number of Topliss-reactive ketones (excluding diaryl/α,β-unsaturated/α-hetero) is 1. The third kappa shape index (κ3) is 3.42. The Morgan fingerprint density at radius 1 is 0.833 bits per heavy atom. The summed E-state index contributed by atoms with van der Waals surface area (Å²) in [6, 6.07) is 22.4. The van der Waals surface area contributed by atoms with Crippen molar-refractivity contribution in [3.63, 3.8) is 0 Å². The topological polar surface area (TPSA) is 113 Å². The molecule has 178 valence electrons. The quantitative estimate of drug-likeness (QED) is 0.401. The molecule has 2 aliphatic rings. The van der Waals surface area contributed by atoms with Gasteiger partial charge in [-0.1, -0.05) is 60.7 Å². The fourth-order valence-corrected chi connectivity index (χ4v) is 4.90. The monoisotopic (exact) mass is 479 g/mol. The van der Waals surface area contributed by atoms with Crippen LogP contribution in [-0.2, 0) is 6.61 Å². The minimum absolute atomic E-state index is 0.169. The lowest BCUT2D eigenvalue weighted by atomic mass is 9.81. The summed E-state index contributed by atoms with van der Waals surface area (Å²) >= 11 is 0. The summed E-state index contributed by atoms with van der Waals surface area (Å²) in [6.07, 6.45) is 0. The predicted molar refractivity (Wildman–Crippen MR) is 135 cm³/mol. The molecule has 0 radical (unpaired) electrons. The van der Waals surface area contributed by atoms with Crippen LogP contribution in [0.25, 0.3) is 5.70 Å². The van der Waals surface area contributed by atoms with Gasteiger partial charge in [-0.05, 0) is 23.3 Å². The number of rotatable bonds is 5. The molecule has 0 fully saturated rings. The third-order valence-electron chi connectivity index (χ3n) is 6.52. The van der Waals surface area contributed by atoms with E-state index in [9.17, 15) is 14.4 Å². The van der Waals surface area contributed by atoms with Crippen molar-refractivity contribution in [3.05, 3.63) is 127 Å². The summed E-state index contributed by atoms with van der Waals surface area (Å²) in [4.78, 5) is 43.6. The maximum Gasteiger partial charge on any atom is 0.327 e. The SMILES string of the molecule is COc1cc([C@@H]2C3=C(Nc4[nH]c(=O)[nH]c(=O)c42)c2ccccc2C3=O)ccc1OCc1ccccc1. The lowest BCUT2D eigenvalue weighted by Gasteiger charge is -2.27. The number of allylic oxidation sites excluding steroid dienone is 1. The van der Waals surface area contributed by atoms with Crippen molar-refractivity contribution in [3.8, 4) is 11.5 Å². The van der Waals surface area contributed by atoms with E-state index in [0.717, 1.165) is 11.1 Å². The maximum absolute atomic E-state index is 13.5. The van der Waals surface area contributed by atoms with Crippen LogP contribution >= 0.6 is 0 Å². The molecule has 3 aromatic carbocycles. The van der Waals surface area contributed by atoms with E-state index in [1.807, 2.05) is 48.5 Å². The molecular weight excluding hydrogens is 458 g/mol. The highest BCUT2D eigenvalue weighted by Gasteiger charge is 2.42. The second-order valence-corrected chi connectivity index (χ2v) is 8.60. The van der Waals surface area contributed by atoms with Crippen LogP contribution in [0.4, 0.5) is 5.82 Å². The van der Waals surface area contributed by atoms with Crippen LogP contribution in [0.3, 0.4) is 0 Å². The number of H-pyrrole nitrogens is 2. The first-order chi connectivity index (χ1) is 17.5. The van der Waals surface area contributed by atoms with Gasteiger partial charge in [-0.2, -0.15) is 0 Å². The maximum atomic E-state index is 13.5. The van der Waals surface area contributed by atoms with Crippen LogP contribution < -0.4 is 26.0 Å².